The van der Waals surface area contributed by atoms with Gasteiger partial charge >= 0.3 is 12.3 Å². The number of halogens is 3. The average molecular weight is 303 g/mol. The number of hydrogen-bond donors (Lipinski definition) is 1. The zero-order valence-corrected chi connectivity index (χ0v) is 11.0. The van der Waals surface area contributed by atoms with Crippen molar-refractivity contribution < 1.29 is 27.8 Å². The Kier molecular flexibility index (Phi) is 3.86. The van der Waals surface area contributed by atoms with Gasteiger partial charge in [-0.1, -0.05) is 0 Å². The molecule has 2 heterocycles. The van der Waals surface area contributed by atoms with Gasteiger partial charge in [-0.3, -0.25) is 4.98 Å². The van der Waals surface area contributed by atoms with Crippen molar-refractivity contribution in [3.63, 3.8) is 0 Å². The summed E-state index contributed by atoms with van der Waals surface area (Å²) < 4.78 is 43.8. The number of rotatable bonds is 2. The number of aromatic nitrogens is 1. The molecule has 114 valence electrons. The van der Waals surface area contributed by atoms with Crippen molar-refractivity contribution in [2.75, 3.05) is 6.61 Å². The number of carbonyl (C=O) groups is 1. The van der Waals surface area contributed by atoms with Crippen molar-refractivity contribution in [1.29, 1.82) is 0 Å². The lowest BCUT2D eigenvalue weighted by Gasteiger charge is -2.31. The lowest BCUT2D eigenvalue weighted by molar-refractivity contribution is -0.299. The standard InChI is InChI=1S/C12H12F3N3O3/c1-2-21-10(19)18-11(20,12(13,14)15)7-9(17-18)8-3-5-16-6-4-8/h3-6,20H,2,7H2,1H3/t11-/m0/s1. The lowest BCUT2D eigenvalue weighted by Crippen LogP contribution is -2.56. The molecule has 1 atom stereocenters. The molecule has 9 heteroatoms. The molecule has 6 nitrogen and oxygen atoms in total. The first-order chi connectivity index (χ1) is 9.79. The summed E-state index contributed by atoms with van der Waals surface area (Å²) in [5.41, 5.74) is -3.16. The van der Waals surface area contributed by atoms with Gasteiger partial charge in [0, 0.05) is 18.0 Å². The van der Waals surface area contributed by atoms with Gasteiger partial charge in [0.2, 0.25) is 0 Å². The maximum Gasteiger partial charge on any atom is 0.439 e. The summed E-state index contributed by atoms with van der Waals surface area (Å²) in [6.45, 7) is 1.30. The van der Waals surface area contributed by atoms with E-state index in [9.17, 15) is 23.1 Å². The summed E-state index contributed by atoms with van der Waals surface area (Å²) >= 11 is 0. The largest absolute Gasteiger partial charge is 0.448 e. The summed E-state index contributed by atoms with van der Waals surface area (Å²) in [5, 5.41) is 13.4. The Morgan fingerprint density at radius 2 is 2.10 bits per heavy atom. The van der Waals surface area contributed by atoms with E-state index in [2.05, 4.69) is 14.8 Å². The zero-order chi connectivity index (χ0) is 15.7. The van der Waals surface area contributed by atoms with Crippen molar-refractivity contribution in [3.05, 3.63) is 30.1 Å². The summed E-state index contributed by atoms with van der Waals surface area (Å²) in [6.07, 6.45) is -4.56. The summed E-state index contributed by atoms with van der Waals surface area (Å²) in [6, 6.07) is 2.87. The number of ether oxygens (including phenoxy) is 1. The van der Waals surface area contributed by atoms with Crippen LogP contribution in [-0.2, 0) is 4.74 Å². The van der Waals surface area contributed by atoms with Gasteiger partial charge in [-0.2, -0.15) is 23.3 Å². The molecule has 0 saturated heterocycles. The van der Waals surface area contributed by atoms with Crippen LogP contribution in [0.15, 0.2) is 29.6 Å². The van der Waals surface area contributed by atoms with Crippen LogP contribution in [0, 0.1) is 0 Å². The highest BCUT2D eigenvalue weighted by molar-refractivity contribution is 6.03. The predicted molar refractivity (Wildman–Crippen MR) is 65.3 cm³/mol. The molecule has 0 aliphatic carbocycles. The van der Waals surface area contributed by atoms with Gasteiger partial charge in [0.25, 0.3) is 5.72 Å². The molecule has 0 aromatic carbocycles. The summed E-state index contributed by atoms with van der Waals surface area (Å²) in [4.78, 5) is 15.3. The molecule has 1 N–H and O–H groups in total. The predicted octanol–water partition coefficient (Wildman–Crippen LogP) is 1.90. The number of carbonyl (C=O) groups excluding carboxylic acids is 1. The minimum absolute atomic E-state index is 0.0632. The molecular formula is C12H12F3N3O3. The van der Waals surface area contributed by atoms with E-state index in [0.717, 1.165) is 0 Å². The quantitative estimate of drug-likeness (QED) is 0.905. The number of aliphatic hydroxyl groups is 1. The number of amides is 1. The molecule has 0 unspecified atom stereocenters. The minimum atomic E-state index is -5.07. The van der Waals surface area contributed by atoms with Gasteiger partial charge in [-0.05, 0) is 19.1 Å². The van der Waals surface area contributed by atoms with Gasteiger partial charge in [0.15, 0.2) is 0 Å². The third kappa shape index (κ3) is 2.68. The molecule has 0 radical (unpaired) electrons. The van der Waals surface area contributed by atoms with E-state index in [4.69, 9.17) is 0 Å². The number of hydrogen-bond acceptors (Lipinski definition) is 5. The van der Waals surface area contributed by atoms with Crippen molar-refractivity contribution in [1.82, 2.24) is 9.99 Å². The van der Waals surface area contributed by atoms with Gasteiger partial charge in [0.1, 0.15) is 0 Å². The van der Waals surface area contributed by atoms with Crippen LogP contribution in [-0.4, -0.2) is 45.4 Å². The fourth-order valence-corrected chi connectivity index (χ4v) is 1.85. The monoisotopic (exact) mass is 303 g/mol. The maximum atomic E-state index is 13.1. The van der Waals surface area contributed by atoms with Crippen molar-refractivity contribution in [3.8, 4) is 0 Å². The van der Waals surface area contributed by atoms with Gasteiger partial charge in [-0.25, -0.2) is 4.79 Å². The number of hydrazone groups is 1. The van der Waals surface area contributed by atoms with Crippen molar-refractivity contribution in [2.24, 2.45) is 5.10 Å². The van der Waals surface area contributed by atoms with E-state index in [1.165, 1.54) is 31.5 Å². The zero-order valence-electron chi connectivity index (χ0n) is 11.0. The number of pyridine rings is 1. The molecule has 1 aromatic rings. The Hall–Kier alpha value is -2.16. The third-order valence-electron chi connectivity index (χ3n) is 2.89. The molecule has 1 aliphatic rings. The highest BCUT2D eigenvalue weighted by Crippen LogP contribution is 2.41. The van der Waals surface area contributed by atoms with E-state index < -0.39 is 24.4 Å². The smallest absolute Gasteiger partial charge is 0.439 e. The molecule has 1 aromatic heterocycles. The molecule has 1 amide bonds. The fraction of sp³-hybridized carbons (Fsp3) is 0.417. The van der Waals surface area contributed by atoms with Crippen LogP contribution in [0.2, 0.25) is 0 Å². The average Bonchev–Trinajstić information content (AvgIpc) is 2.79. The molecule has 21 heavy (non-hydrogen) atoms. The Bertz CT molecular complexity index is 562. The number of alkyl halides is 3. The van der Waals surface area contributed by atoms with Crippen molar-refractivity contribution in [2.45, 2.75) is 25.2 Å². The molecule has 1 aliphatic heterocycles. The SMILES string of the molecule is CCOC(=O)N1N=C(c2ccncc2)C[C@]1(O)C(F)(F)F. The van der Waals surface area contributed by atoms with Crippen LogP contribution in [0.1, 0.15) is 18.9 Å². The van der Waals surface area contributed by atoms with E-state index in [-0.39, 0.29) is 17.3 Å². The van der Waals surface area contributed by atoms with Crippen LogP contribution in [0.25, 0.3) is 0 Å². The van der Waals surface area contributed by atoms with Crippen LogP contribution in [0.4, 0.5) is 18.0 Å². The third-order valence-corrected chi connectivity index (χ3v) is 2.89. The van der Waals surface area contributed by atoms with E-state index in [1.54, 1.807) is 0 Å². The minimum Gasteiger partial charge on any atom is -0.448 e. The lowest BCUT2D eigenvalue weighted by atomic mass is 10.0. The Balaban J connectivity index is 2.40. The molecule has 0 spiro atoms. The first-order valence-electron chi connectivity index (χ1n) is 6.03. The van der Waals surface area contributed by atoms with Crippen LogP contribution < -0.4 is 0 Å². The number of nitrogens with zero attached hydrogens (tertiary/aromatic N) is 3. The Morgan fingerprint density at radius 3 is 2.62 bits per heavy atom. The Morgan fingerprint density at radius 1 is 1.48 bits per heavy atom. The second-order valence-corrected chi connectivity index (χ2v) is 4.28. The normalized spacial score (nSPS) is 22.1. The first kappa shape index (κ1) is 15.2. The van der Waals surface area contributed by atoms with Crippen LogP contribution in [0.5, 0.6) is 0 Å². The summed E-state index contributed by atoms with van der Waals surface area (Å²) in [7, 11) is 0. The summed E-state index contributed by atoms with van der Waals surface area (Å²) in [5.74, 6) is 0. The maximum absolute atomic E-state index is 13.1. The second kappa shape index (κ2) is 5.32. The van der Waals surface area contributed by atoms with Crippen molar-refractivity contribution >= 4 is 11.8 Å². The molecule has 0 saturated carbocycles. The fourth-order valence-electron chi connectivity index (χ4n) is 1.85. The molecule has 2 rings (SSSR count). The molecular weight excluding hydrogens is 291 g/mol. The van der Waals surface area contributed by atoms with Gasteiger partial charge in [0.05, 0.1) is 18.7 Å². The van der Waals surface area contributed by atoms with Gasteiger partial charge in [-0.15, -0.1) is 0 Å². The highest BCUT2D eigenvalue weighted by Gasteiger charge is 2.64. The van der Waals surface area contributed by atoms with Gasteiger partial charge < -0.3 is 9.84 Å². The second-order valence-electron chi connectivity index (χ2n) is 4.28. The Labute approximate surface area is 117 Å². The molecule has 0 bridgehead atoms. The first-order valence-corrected chi connectivity index (χ1v) is 6.03. The highest BCUT2D eigenvalue weighted by atomic mass is 19.4. The topological polar surface area (TPSA) is 75.0 Å². The van der Waals surface area contributed by atoms with Crippen LogP contribution in [0.3, 0.4) is 0 Å². The van der Waals surface area contributed by atoms with E-state index in [0.29, 0.717) is 5.56 Å². The van der Waals surface area contributed by atoms with Crippen LogP contribution >= 0.6 is 0 Å². The molecule has 0 fully saturated rings. The van der Waals surface area contributed by atoms with E-state index >= 15 is 0 Å². The van der Waals surface area contributed by atoms with E-state index in [1.807, 2.05) is 0 Å².